The van der Waals surface area contributed by atoms with Crippen LogP contribution < -0.4 is 5.73 Å². The molecule has 2 aromatic heterocycles. The zero-order chi connectivity index (χ0) is 12.3. The molecule has 0 saturated heterocycles. The molecular formula is C13H17BrN2S. The van der Waals surface area contributed by atoms with E-state index in [0.717, 1.165) is 23.9 Å². The summed E-state index contributed by atoms with van der Waals surface area (Å²) >= 11 is 5.26. The van der Waals surface area contributed by atoms with Crippen LogP contribution in [0.25, 0.3) is 0 Å². The predicted octanol–water partition coefficient (Wildman–Crippen LogP) is 3.64. The van der Waals surface area contributed by atoms with E-state index in [1.807, 2.05) is 0 Å². The van der Waals surface area contributed by atoms with Gasteiger partial charge in [0.15, 0.2) is 0 Å². The van der Waals surface area contributed by atoms with E-state index in [4.69, 9.17) is 5.73 Å². The Morgan fingerprint density at radius 1 is 1.53 bits per heavy atom. The minimum atomic E-state index is 0.279. The molecule has 0 aliphatic carbocycles. The number of rotatable bonds is 5. The van der Waals surface area contributed by atoms with Crippen molar-refractivity contribution in [2.75, 3.05) is 0 Å². The SMILES string of the molecule is CCC(N)Cc1ccn(Cc2cc(Br)cs2)c1. The lowest BCUT2D eigenvalue weighted by molar-refractivity contribution is 0.645. The Morgan fingerprint density at radius 2 is 2.35 bits per heavy atom. The molecule has 0 radical (unpaired) electrons. The Hall–Kier alpha value is -0.580. The normalized spacial score (nSPS) is 12.9. The first kappa shape index (κ1) is 12.9. The van der Waals surface area contributed by atoms with E-state index in [0.29, 0.717) is 0 Å². The van der Waals surface area contributed by atoms with Crippen molar-refractivity contribution < 1.29 is 0 Å². The lowest BCUT2D eigenvalue weighted by Crippen LogP contribution is -2.21. The Kier molecular flexibility index (Phi) is 4.42. The van der Waals surface area contributed by atoms with Gasteiger partial charge in [-0.2, -0.15) is 0 Å². The molecule has 2 aromatic rings. The van der Waals surface area contributed by atoms with Crippen LogP contribution >= 0.6 is 27.3 Å². The molecule has 2 rings (SSSR count). The van der Waals surface area contributed by atoms with Crippen LogP contribution in [0.5, 0.6) is 0 Å². The van der Waals surface area contributed by atoms with Gasteiger partial charge in [-0.05, 0) is 46.5 Å². The standard InChI is InChI=1S/C13H17BrN2S/c1-2-12(15)5-10-3-4-16(7-10)8-13-6-11(14)9-17-13/h3-4,6-7,9,12H,2,5,8,15H2,1H3. The van der Waals surface area contributed by atoms with Gasteiger partial charge in [0, 0.05) is 33.2 Å². The molecule has 92 valence electrons. The number of hydrogen-bond donors (Lipinski definition) is 1. The minimum absolute atomic E-state index is 0.279. The van der Waals surface area contributed by atoms with Gasteiger partial charge >= 0.3 is 0 Å². The summed E-state index contributed by atoms with van der Waals surface area (Å²) in [6, 6.07) is 4.61. The van der Waals surface area contributed by atoms with E-state index >= 15 is 0 Å². The van der Waals surface area contributed by atoms with Crippen LogP contribution in [0.2, 0.25) is 0 Å². The molecular weight excluding hydrogens is 296 g/mol. The van der Waals surface area contributed by atoms with E-state index in [1.54, 1.807) is 11.3 Å². The number of halogens is 1. The Bertz CT molecular complexity index is 475. The first-order valence-electron chi connectivity index (χ1n) is 5.80. The van der Waals surface area contributed by atoms with Crippen molar-refractivity contribution in [1.82, 2.24) is 4.57 Å². The highest BCUT2D eigenvalue weighted by Crippen LogP contribution is 2.21. The number of nitrogens with two attached hydrogens (primary N) is 1. The molecule has 1 atom stereocenters. The quantitative estimate of drug-likeness (QED) is 0.897. The molecule has 0 aliphatic rings. The summed E-state index contributed by atoms with van der Waals surface area (Å²) in [6.07, 6.45) is 6.33. The summed E-state index contributed by atoms with van der Waals surface area (Å²) in [5.74, 6) is 0. The third kappa shape index (κ3) is 3.69. The summed E-state index contributed by atoms with van der Waals surface area (Å²) in [6.45, 7) is 3.07. The van der Waals surface area contributed by atoms with Gasteiger partial charge in [-0.3, -0.25) is 0 Å². The average molecular weight is 313 g/mol. The van der Waals surface area contributed by atoms with Crippen molar-refractivity contribution in [1.29, 1.82) is 0 Å². The zero-order valence-corrected chi connectivity index (χ0v) is 12.3. The van der Waals surface area contributed by atoms with Gasteiger partial charge < -0.3 is 10.3 Å². The number of nitrogens with zero attached hydrogens (tertiary/aromatic N) is 1. The van der Waals surface area contributed by atoms with Crippen molar-refractivity contribution in [3.05, 3.63) is 44.8 Å². The lowest BCUT2D eigenvalue weighted by Gasteiger charge is -2.06. The largest absolute Gasteiger partial charge is 0.349 e. The second-order valence-electron chi connectivity index (χ2n) is 4.30. The molecule has 17 heavy (non-hydrogen) atoms. The summed E-state index contributed by atoms with van der Waals surface area (Å²) < 4.78 is 3.38. The van der Waals surface area contributed by atoms with Crippen LogP contribution in [-0.2, 0) is 13.0 Å². The van der Waals surface area contributed by atoms with Crippen LogP contribution in [0.15, 0.2) is 34.4 Å². The Balaban J connectivity index is 1.98. The topological polar surface area (TPSA) is 30.9 Å². The summed E-state index contributed by atoms with van der Waals surface area (Å²) in [4.78, 5) is 1.36. The van der Waals surface area contributed by atoms with Crippen molar-refractivity contribution in [3.8, 4) is 0 Å². The molecule has 0 bridgehead atoms. The van der Waals surface area contributed by atoms with Crippen LogP contribution in [0, 0.1) is 0 Å². The van der Waals surface area contributed by atoms with Gasteiger partial charge in [-0.1, -0.05) is 6.92 Å². The molecule has 2 heterocycles. The molecule has 0 amide bonds. The van der Waals surface area contributed by atoms with Gasteiger partial charge in [0.05, 0.1) is 6.54 Å². The molecule has 2 N–H and O–H groups in total. The van der Waals surface area contributed by atoms with Crippen molar-refractivity contribution in [2.45, 2.75) is 32.4 Å². The molecule has 2 nitrogen and oxygen atoms in total. The zero-order valence-electron chi connectivity index (χ0n) is 9.90. The molecule has 1 unspecified atom stereocenters. The Morgan fingerprint density at radius 3 is 3.00 bits per heavy atom. The molecule has 0 aliphatic heterocycles. The lowest BCUT2D eigenvalue weighted by atomic mass is 10.1. The first-order chi connectivity index (χ1) is 8.17. The highest BCUT2D eigenvalue weighted by atomic mass is 79.9. The van der Waals surface area contributed by atoms with E-state index in [2.05, 4.69) is 57.3 Å². The van der Waals surface area contributed by atoms with Gasteiger partial charge in [0.2, 0.25) is 0 Å². The maximum absolute atomic E-state index is 5.96. The van der Waals surface area contributed by atoms with Crippen molar-refractivity contribution >= 4 is 27.3 Å². The third-order valence-corrected chi connectivity index (χ3v) is 4.48. The summed E-state index contributed by atoms with van der Waals surface area (Å²) in [7, 11) is 0. The number of aromatic nitrogens is 1. The minimum Gasteiger partial charge on any atom is -0.349 e. The third-order valence-electron chi connectivity index (χ3n) is 2.79. The maximum Gasteiger partial charge on any atom is 0.0564 e. The van der Waals surface area contributed by atoms with Crippen LogP contribution in [-0.4, -0.2) is 10.6 Å². The van der Waals surface area contributed by atoms with Crippen molar-refractivity contribution in [2.24, 2.45) is 5.73 Å². The van der Waals surface area contributed by atoms with Crippen LogP contribution in [0.1, 0.15) is 23.8 Å². The maximum atomic E-state index is 5.96. The molecule has 0 saturated carbocycles. The fourth-order valence-corrected chi connectivity index (χ4v) is 3.23. The smallest absolute Gasteiger partial charge is 0.0564 e. The van der Waals surface area contributed by atoms with Crippen LogP contribution in [0.4, 0.5) is 0 Å². The second-order valence-corrected chi connectivity index (χ2v) is 6.21. The predicted molar refractivity (Wildman–Crippen MR) is 77.5 cm³/mol. The number of thiophene rings is 1. The second kappa shape index (κ2) is 5.85. The van der Waals surface area contributed by atoms with E-state index in [9.17, 15) is 0 Å². The highest BCUT2D eigenvalue weighted by Gasteiger charge is 2.04. The van der Waals surface area contributed by atoms with Gasteiger partial charge in [-0.25, -0.2) is 0 Å². The van der Waals surface area contributed by atoms with Crippen LogP contribution in [0.3, 0.4) is 0 Å². The van der Waals surface area contributed by atoms with E-state index in [-0.39, 0.29) is 6.04 Å². The average Bonchev–Trinajstić information content (AvgIpc) is 2.89. The number of hydrogen-bond acceptors (Lipinski definition) is 2. The summed E-state index contributed by atoms with van der Waals surface area (Å²) in [5, 5.41) is 2.12. The Labute approximate surface area is 115 Å². The first-order valence-corrected chi connectivity index (χ1v) is 7.47. The van der Waals surface area contributed by atoms with Gasteiger partial charge in [0.25, 0.3) is 0 Å². The molecule has 0 aromatic carbocycles. The van der Waals surface area contributed by atoms with Gasteiger partial charge in [0.1, 0.15) is 0 Å². The fourth-order valence-electron chi connectivity index (χ4n) is 1.77. The molecule has 4 heteroatoms. The van der Waals surface area contributed by atoms with Gasteiger partial charge in [-0.15, -0.1) is 11.3 Å². The molecule has 0 fully saturated rings. The highest BCUT2D eigenvalue weighted by molar-refractivity contribution is 9.10. The summed E-state index contributed by atoms with van der Waals surface area (Å²) in [5.41, 5.74) is 7.29. The monoisotopic (exact) mass is 312 g/mol. The van der Waals surface area contributed by atoms with E-state index < -0.39 is 0 Å². The fraction of sp³-hybridized carbons (Fsp3) is 0.385. The van der Waals surface area contributed by atoms with Crippen molar-refractivity contribution in [3.63, 3.8) is 0 Å². The van der Waals surface area contributed by atoms with E-state index in [1.165, 1.54) is 10.4 Å². The molecule has 0 spiro atoms.